The summed E-state index contributed by atoms with van der Waals surface area (Å²) in [5, 5.41) is 15.5. The fourth-order valence-electron chi connectivity index (χ4n) is 2.48. The summed E-state index contributed by atoms with van der Waals surface area (Å²) in [6.45, 7) is 2.65. The molecule has 136 valence electrons. The highest BCUT2D eigenvalue weighted by Crippen LogP contribution is 2.32. The Balaban J connectivity index is 1.63. The fourth-order valence-corrected chi connectivity index (χ4v) is 3.79. The van der Waals surface area contributed by atoms with E-state index in [-0.39, 0.29) is 18.6 Å². The Morgan fingerprint density at radius 2 is 2.04 bits per heavy atom. The molecule has 1 atom stereocenters. The Hall–Kier alpha value is -1.96. The lowest BCUT2D eigenvalue weighted by Gasteiger charge is -2.12. The van der Waals surface area contributed by atoms with Crippen LogP contribution < -0.4 is 10.6 Å². The van der Waals surface area contributed by atoms with Crippen molar-refractivity contribution in [3.63, 3.8) is 0 Å². The molecular formula is C19H20BrN3O2S. The Morgan fingerprint density at radius 3 is 2.77 bits per heavy atom. The fraction of sp³-hybridized carbons (Fsp3) is 0.263. The molecule has 7 heteroatoms. The smallest absolute Gasteiger partial charge is 0.319 e. The molecule has 0 spiro atoms. The Bertz CT molecular complexity index is 895. The Morgan fingerprint density at radius 1 is 1.27 bits per heavy atom. The number of aromatic nitrogens is 1. The molecule has 0 bridgehead atoms. The van der Waals surface area contributed by atoms with E-state index in [0.29, 0.717) is 13.0 Å². The minimum atomic E-state index is -0.243. The molecule has 0 saturated heterocycles. The molecule has 0 radical (unpaired) electrons. The van der Waals surface area contributed by atoms with Gasteiger partial charge in [-0.1, -0.05) is 22.9 Å². The summed E-state index contributed by atoms with van der Waals surface area (Å²) >= 11 is 5.11. The van der Waals surface area contributed by atoms with Crippen LogP contribution in [0.1, 0.15) is 13.3 Å². The van der Waals surface area contributed by atoms with Crippen molar-refractivity contribution in [2.75, 3.05) is 18.5 Å². The highest BCUT2D eigenvalue weighted by atomic mass is 79.9. The molecule has 26 heavy (non-hydrogen) atoms. The third-order valence-corrected chi connectivity index (χ3v) is 5.55. The molecule has 3 aromatic rings. The minimum absolute atomic E-state index is 0.134. The number of aliphatic hydroxyl groups excluding tert-OH is 1. The summed E-state index contributed by atoms with van der Waals surface area (Å²) in [6.07, 6.45) is 0.674. The van der Waals surface area contributed by atoms with Gasteiger partial charge in [-0.05, 0) is 54.8 Å². The number of nitrogens with one attached hydrogen (secondary N) is 2. The number of amides is 2. The van der Waals surface area contributed by atoms with E-state index in [0.717, 1.165) is 30.9 Å². The number of urea groups is 1. The first-order chi connectivity index (χ1) is 12.5. The van der Waals surface area contributed by atoms with Crippen LogP contribution in [-0.4, -0.2) is 29.3 Å². The van der Waals surface area contributed by atoms with Gasteiger partial charge in [0.2, 0.25) is 0 Å². The van der Waals surface area contributed by atoms with Gasteiger partial charge in [0, 0.05) is 28.9 Å². The molecule has 1 aromatic heterocycles. The van der Waals surface area contributed by atoms with Crippen molar-refractivity contribution in [3.05, 3.63) is 46.9 Å². The van der Waals surface area contributed by atoms with E-state index in [4.69, 9.17) is 5.11 Å². The number of fused-ring (bicyclic) bond motifs is 1. The molecule has 0 aliphatic carbocycles. The summed E-state index contributed by atoms with van der Waals surface area (Å²) in [5.41, 5.74) is 2.72. The van der Waals surface area contributed by atoms with Gasteiger partial charge >= 0.3 is 6.03 Å². The third-order valence-electron chi connectivity index (χ3n) is 3.97. The van der Waals surface area contributed by atoms with E-state index in [9.17, 15) is 4.79 Å². The van der Waals surface area contributed by atoms with Crippen LogP contribution in [0, 0.1) is 5.92 Å². The van der Waals surface area contributed by atoms with Crippen LogP contribution in [0.2, 0.25) is 0 Å². The van der Waals surface area contributed by atoms with Gasteiger partial charge in [-0.2, -0.15) is 0 Å². The third kappa shape index (κ3) is 4.81. The number of hydrogen-bond acceptors (Lipinski definition) is 4. The number of rotatable bonds is 6. The summed E-state index contributed by atoms with van der Waals surface area (Å²) in [7, 11) is 0. The lowest BCUT2D eigenvalue weighted by molar-refractivity contribution is 0.243. The number of carbonyl (C=O) groups excluding carboxylic acids is 1. The van der Waals surface area contributed by atoms with Crippen LogP contribution in [0.3, 0.4) is 0 Å². The van der Waals surface area contributed by atoms with Gasteiger partial charge in [0.1, 0.15) is 5.01 Å². The lowest BCUT2D eigenvalue weighted by atomic mass is 10.1. The van der Waals surface area contributed by atoms with Crippen LogP contribution in [0.5, 0.6) is 0 Å². The van der Waals surface area contributed by atoms with E-state index in [1.807, 2.05) is 43.3 Å². The van der Waals surface area contributed by atoms with E-state index in [1.165, 1.54) is 0 Å². The number of halogens is 1. The maximum absolute atomic E-state index is 11.9. The highest BCUT2D eigenvalue weighted by Gasteiger charge is 2.08. The number of nitrogens with zero attached hydrogens (tertiary/aromatic N) is 1. The average molecular weight is 434 g/mol. The average Bonchev–Trinajstić information content (AvgIpc) is 3.04. The number of carbonyl (C=O) groups is 1. The SMILES string of the molecule is C[C@H](CCO)CNC(=O)Nc1ccc(-c2nc3cc(Br)ccc3s2)cc1. The van der Waals surface area contributed by atoms with E-state index >= 15 is 0 Å². The minimum Gasteiger partial charge on any atom is -0.396 e. The quantitative estimate of drug-likeness (QED) is 0.519. The van der Waals surface area contributed by atoms with Crippen molar-refractivity contribution in [1.82, 2.24) is 10.3 Å². The van der Waals surface area contributed by atoms with Crippen molar-refractivity contribution in [2.24, 2.45) is 5.92 Å². The number of benzene rings is 2. The first-order valence-electron chi connectivity index (χ1n) is 8.37. The molecule has 0 unspecified atom stereocenters. The normalized spacial score (nSPS) is 12.1. The Kier molecular flexibility index (Phi) is 6.24. The van der Waals surface area contributed by atoms with Gasteiger partial charge in [-0.15, -0.1) is 11.3 Å². The van der Waals surface area contributed by atoms with Crippen molar-refractivity contribution >= 4 is 49.2 Å². The zero-order valence-electron chi connectivity index (χ0n) is 14.3. The van der Waals surface area contributed by atoms with Gasteiger partial charge in [-0.3, -0.25) is 0 Å². The zero-order chi connectivity index (χ0) is 18.5. The van der Waals surface area contributed by atoms with Gasteiger partial charge in [0.05, 0.1) is 10.2 Å². The second-order valence-corrected chi connectivity index (χ2v) is 8.11. The maximum Gasteiger partial charge on any atom is 0.319 e. The molecular weight excluding hydrogens is 414 g/mol. The summed E-state index contributed by atoms with van der Waals surface area (Å²) in [5.74, 6) is 0.243. The van der Waals surface area contributed by atoms with E-state index in [1.54, 1.807) is 11.3 Å². The molecule has 2 amide bonds. The van der Waals surface area contributed by atoms with E-state index < -0.39 is 0 Å². The molecule has 0 saturated carbocycles. The van der Waals surface area contributed by atoms with Gasteiger partial charge in [0.25, 0.3) is 0 Å². The number of anilines is 1. The zero-order valence-corrected chi connectivity index (χ0v) is 16.7. The lowest BCUT2D eigenvalue weighted by Crippen LogP contribution is -2.32. The highest BCUT2D eigenvalue weighted by molar-refractivity contribution is 9.10. The summed E-state index contributed by atoms with van der Waals surface area (Å²) in [6, 6.07) is 13.5. The number of thiazole rings is 1. The molecule has 3 rings (SSSR count). The number of hydrogen-bond donors (Lipinski definition) is 3. The second kappa shape index (κ2) is 8.62. The molecule has 0 aliphatic heterocycles. The second-order valence-electron chi connectivity index (χ2n) is 6.16. The van der Waals surface area contributed by atoms with Crippen LogP contribution in [0.4, 0.5) is 10.5 Å². The first kappa shape index (κ1) is 18.8. The van der Waals surface area contributed by atoms with Crippen LogP contribution in [-0.2, 0) is 0 Å². The van der Waals surface area contributed by atoms with Gasteiger partial charge in [0.15, 0.2) is 0 Å². The molecule has 3 N–H and O–H groups in total. The Labute approximate surface area is 164 Å². The molecule has 5 nitrogen and oxygen atoms in total. The van der Waals surface area contributed by atoms with Crippen LogP contribution in [0.25, 0.3) is 20.8 Å². The van der Waals surface area contributed by atoms with Crippen molar-refractivity contribution < 1.29 is 9.90 Å². The first-order valence-corrected chi connectivity index (χ1v) is 9.98. The van der Waals surface area contributed by atoms with Crippen molar-refractivity contribution in [2.45, 2.75) is 13.3 Å². The van der Waals surface area contributed by atoms with E-state index in [2.05, 4.69) is 37.6 Å². The van der Waals surface area contributed by atoms with Crippen molar-refractivity contribution in [1.29, 1.82) is 0 Å². The molecule has 0 aliphatic rings. The van der Waals surface area contributed by atoms with Crippen LogP contribution >= 0.6 is 27.3 Å². The van der Waals surface area contributed by atoms with Crippen molar-refractivity contribution in [3.8, 4) is 10.6 Å². The largest absolute Gasteiger partial charge is 0.396 e. The monoisotopic (exact) mass is 433 g/mol. The van der Waals surface area contributed by atoms with Gasteiger partial charge < -0.3 is 15.7 Å². The molecule has 2 aromatic carbocycles. The standard InChI is InChI=1S/C19H20BrN3O2S/c1-12(8-9-24)11-21-19(25)22-15-5-2-13(3-6-15)18-23-16-10-14(20)4-7-17(16)26-18/h2-7,10,12,24H,8-9,11H2,1H3,(H2,21,22,25)/t12-/m1/s1. The predicted molar refractivity (Wildman–Crippen MR) is 111 cm³/mol. The molecule has 0 fully saturated rings. The predicted octanol–water partition coefficient (Wildman–Crippen LogP) is 4.87. The molecule has 1 heterocycles. The number of aliphatic hydroxyl groups is 1. The van der Waals surface area contributed by atoms with Gasteiger partial charge in [-0.25, -0.2) is 9.78 Å². The summed E-state index contributed by atoms with van der Waals surface area (Å²) in [4.78, 5) is 16.6. The summed E-state index contributed by atoms with van der Waals surface area (Å²) < 4.78 is 2.16. The maximum atomic E-state index is 11.9. The topological polar surface area (TPSA) is 74.2 Å². The van der Waals surface area contributed by atoms with Crippen LogP contribution in [0.15, 0.2) is 46.9 Å².